The fourth-order valence-corrected chi connectivity index (χ4v) is 2.42. The standard InChI is InChI=1S/C10H22OSi/c1-4-5-6-7-8-10(11)9-12(2)3/h12H,4-9H2,1-3H3. The quantitative estimate of drug-likeness (QED) is 0.441. The summed E-state index contributed by atoms with van der Waals surface area (Å²) < 4.78 is 0. The first-order valence-corrected chi connectivity index (χ1v) is 8.31. The summed E-state index contributed by atoms with van der Waals surface area (Å²) in [7, 11) is -0.637. The predicted octanol–water partition coefficient (Wildman–Crippen LogP) is 3.01. The van der Waals surface area contributed by atoms with E-state index in [-0.39, 0.29) is 0 Å². The van der Waals surface area contributed by atoms with Crippen molar-refractivity contribution in [3.63, 3.8) is 0 Å². The van der Waals surface area contributed by atoms with E-state index in [0.29, 0.717) is 5.78 Å². The summed E-state index contributed by atoms with van der Waals surface area (Å²) in [5.74, 6) is 0.507. The van der Waals surface area contributed by atoms with Gasteiger partial charge in [0.05, 0.1) is 0 Å². The van der Waals surface area contributed by atoms with Gasteiger partial charge in [0.25, 0.3) is 0 Å². The van der Waals surface area contributed by atoms with Gasteiger partial charge in [-0.25, -0.2) is 0 Å². The second kappa shape index (κ2) is 7.53. The van der Waals surface area contributed by atoms with Gasteiger partial charge in [-0.05, 0) is 12.5 Å². The lowest BCUT2D eigenvalue weighted by molar-refractivity contribution is -0.117. The summed E-state index contributed by atoms with van der Waals surface area (Å²) in [6.45, 7) is 6.68. The van der Waals surface area contributed by atoms with Crippen molar-refractivity contribution >= 4 is 14.6 Å². The molecule has 0 fully saturated rings. The van der Waals surface area contributed by atoms with Gasteiger partial charge in [-0.1, -0.05) is 39.3 Å². The van der Waals surface area contributed by atoms with Gasteiger partial charge in [-0.15, -0.1) is 0 Å². The Bertz CT molecular complexity index is 121. The molecule has 0 aliphatic heterocycles. The van der Waals surface area contributed by atoms with E-state index in [4.69, 9.17) is 0 Å². The molecule has 0 saturated heterocycles. The number of carbonyl (C=O) groups excluding carboxylic acids is 1. The summed E-state index contributed by atoms with van der Waals surface area (Å²) in [5, 5.41) is 0. The molecule has 0 aromatic heterocycles. The van der Waals surface area contributed by atoms with Crippen molar-refractivity contribution in [1.29, 1.82) is 0 Å². The molecule has 0 spiro atoms. The maximum Gasteiger partial charge on any atom is 0.129 e. The number of hydrogen-bond acceptors (Lipinski definition) is 1. The number of Topliss-reactive ketones (excluding diaryl/α,β-unsaturated/α-hetero) is 1. The first-order chi connectivity index (χ1) is 5.66. The van der Waals surface area contributed by atoms with Crippen molar-refractivity contribution in [1.82, 2.24) is 0 Å². The molecule has 0 aromatic carbocycles. The SMILES string of the molecule is CCCCCCC(=O)C[SiH](C)C. The first-order valence-electron chi connectivity index (χ1n) is 5.18. The van der Waals surface area contributed by atoms with Crippen molar-refractivity contribution in [2.24, 2.45) is 0 Å². The highest BCUT2D eigenvalue weighted by Crippen LogP contribution is 2.05. The van der Waals surface area contributed by atoms with Crippen LogP contribution in [-0.2, 0) is 4.79 Å². The van der Waals surface area contributed by atoms with Crippen LogP contribution in [0.3, 0.4) is 0 Å². The summed E-state index contributed by atoms with van der Waals surface area (Å²) in [5.41, 5.74) is 0. The third-order valence-corrected chi connectivity index (χ3v) is 3.22. The Kier molecular flexibility index (Phi) is 7.46. The summed E-state index contributed by atoms with van der Waals surface area (Å²) >= 11 is 0. The fourth-order valence-electron chi connectivity index (χ4n) is 1.31. The average molecular weight is 186 g/mol. The van der Waals surface area contributed by atoms with Gasteiger partial charge < -0.3 is 4.79 Å². The van der Waals surface area contributed by atoms with E-state index < -0.39 is 8.80 Å². The molecule has 0 aliphatic carbocycles. The number of hydrogen-bond donors (Lipinski definition) is 0. The molecule has 1 nitrogen and oxygen atoms in total. The Morgan fingerprint density at radius 2 is 1.83 bits per heavy atom. The van der Waals surface area contributed by atoms with Crippen LogP contribution in [-0.4, -0.2) is 14.6 Å². The predicted molar refractivity (Wildman–Crippen MR) is 57.5 cm³/mol. The Balaban J connectivity index is 3.20. The topological polar surface area (TPSA) is 17.1 Å². The third kappa shape index (κ3) is 7.99. The van der Waals surface area contributed by atoms with Crippen molar-refractivity contribution < 1.29 is 4.79 Å². The molecule has 0 atom stereocenters. The van der Waals surface area contributed by atoms with Gasteiger partial charge in [0.1, 0.15) is 5.78 Å². The van der Waals surface area contributed by atoms with Crippen LogP contribution in [0.5, 0.6) is 0 Å². The lowest BCUT2D eigenvalue weighted by Crippen LogP contribution is -2.08. The van der Waals surface area contributed by atoms with E-state index in [1.807, 2.05) is 0 Å². The van der Waals surface area contributed by atoms with Gasteiger partial charge in [0.2, 0.25) is 0 Å². The van der Waals surface area contributed by atoms with Crippen LogP contribution >= 0.6 is 0 Å². The number of carbonyl (C=O) groups is 1. The summed E-state index contributed by atoms with van der Waals surface area (Å²) in [4.78, 5) is 11.3. The number of rotatable bonds is 7. The molecule has 0 aliphatic rings. The zero-order valence-corrected chi connectivity index (χ0v) is 9.88. The third-order valence-electron chi connectivity index (χ3n) is 1.95. The molecule has 0 aromatic rings. The Labute approximate surface area is 78.2 Å². The molecular formula is C10H22OSi. The summed E-state index contributed by atoms with van der Waals surface area (Å²) in [6.07, 6.45) is 5.74. The monoisotopic (exact) mass is 186 g/mol. The van der Waals surface area contributed by atoms with E-state index in [0.717, 1.165) is 18.9 Å². The molecular weight excluding hydrogens is 164 g/mol. The van der Waals surface area contributed by atoms with Crippen LogP contribution in [0.2, 0.25) is 19.1 Å². The highest BCUT2D eigenvalue weighted by atomic mass is 28.3. The maximum absolute atomic E-state index is 11.3. The number of unbranched alkanes of at least 4 members (excludes halogenated alkanes) is 3. The van der Waals surface area contributed by atoms with Gasteiger partial charge >= 0.3 is 0 Å². The fraction of sp³-hybridized carbons (Fsp3) is 0.900. The lowest BCUT2D eigenvalue weighted by atomic mass is 10.1. The smallest absolute Gasteiger partial charge is 0.129 e. The van der Waals surface area contributed by atoms with Crippen molar-refractivity contribution in [2.45, 2.75) is 58.2 Å². The summed E-state index contributed by atoms with van der Waals surface area (Å²) in [6, 6.07) is 0.909. The van der Waals surface area contributed by atoms with Gasteiger partial charge in [0.15, 0.2) is 0 Å². The molecule has 0 unspecified atom stereocenters. The Morgan fingerprint density at radius 1 is 1.17 bits per heavy atom. The molecule has 0 heterocycles. The lowest BCUT2D eigenvalue weighted by Gasteiger charge is -2.01. The van der Waals surface area contributed by atoms with E-state index in [1.54, 1.807) is 0 Å². The average Bonchev–Trinajstić information content (AvgIpc) is 1.97. The van der Waals surface area contributed by atoms with E-state index in [2.05, 4.69) is 20.0 Å². The molecule has 0 saturated carbocycles. The molecule has 0 bridgehead atoms. The van der Waals surface area contributed by atoms with E-state index >= 15 is 0 Å². The molecule has 0 rings (SSSR count). The normalized spacial score (nSPS) is 10.7. The van der Waals surface area contributed by atoms with Crippen LogP contribution in [0.4, 0.5) is 0 Å². The van der Waals surface area contributed by atoms with Gasteiger partial charge in [-0.3, -0.25) is 0 Å². The minimum Gasteiger partial charge on any atom is -0.300 e. The zero-order valence-electron chi connectivity index (χ0n) is 8.73. The second-order valence-electron chi connectivity index (χ2n) is 3.95. The van der Waals surface area contributed by atoms with E-state index in [1.165, 1.54) is 19.3 Å². The maximum atomic E-state index is 11.3. The Hall–Kier alpha value is -0.113. The Morgan fingerprint density at radius 3 is 2.33 bits per heavy atom. The molecule has 0 amide bonds. The van der Waals surface area contributed by atoms with Crippen LogP contribution in [0.1, 0.15) is 39.0 Å². The van der Waals surface area contributed by atoms with Crippen LogP contribution < -0.4 is 0 Å². The van der Waals surface area contributed by atoms with Gasteiger partial charge in [-0.2, -0.15) is 0 Å². The second-order valence-corrected chi connectivity index (χ2v) is 7.14. The zero-order chi connectivity index (χ0) is 9.40. The largest absolute Gasteiger partial charge is 0.300 e. The minimum atomic E-state index is -0.637. The van der Waals surface area contributed by atoms with Crippen LogP contribution in [0, 0.1) is 0 Å². The van der Waals surface area contributed by atoms with Crippen molar-refractivity contribution in [3.05, 3.63) is 0 Å². The highest BCUT2D eigenvalue weighted by molar-refractivity contribution is 6.59. The van der Waals surface area contributed by atoms with Crippen LogP contribution in [0.15, 0.2) is 0 Å². The molecule has 72 valence electrons. The molecule has 12 heavy (non-hydrogen) atoms. The van der Waals surface area contributed by atoms with Crippen molar-refractivity contribution in [2.75, 3.05) is 0 Å². The highest BCUT2D eigenvalue weighted by Gasteiger charge is 2.04. The van der Waals surface area contributed by atoms with Gasteiger partial charge in [0, 0.05) is 15.2 Å². The molecule has 0 radical (unpaired) electrons. The molecule has 0 N–H and O–H groups in total. The molecule has 2 heteroatoms. The van der Waals surface area contributed by atoms with Crippen LogP contribution in [0.25, 0.3) is 0 Å². The van der Waals surface area contributed by atoms with Crippen molar-refractivity contribution in [3.8, 4) is 0 Å². The first kappa shape index (κ1) is 11.9. The van der Waals surface area contributed by atoms with E-state index in [9.17, 15) is 4.79 Å². The number of ketones is 1. The minimum absolute atomic E-state index is 0.507.